The van der Waals surface area contributed by atoms with Crippen molar-refractivity contribution in [3.05, 3.63) is 33.8 Å². The third-order valence-electron chi connectivity index (χ3n) is 6.94. The Balaban J connectivity index is 1.72. The summed E-state index contributed by atoms with van der Waals surface area (Å²) in [5.41, 5.74) is 0.583. The highest BCUT2D eigenvalue weighted by molar-refractivity contribution is 8.01. The Morgan fingerprint density at radius 1 is 1.38 bits per heavy atom. The molecular weight excluding hydrogens is 472 g/mol. The van der Waals surface area contributed by atoms with E-state index in [0.29, 0.717) is 25.9 Å². The maximum Gasteiger partial charge on any atom is 0.304 e. The number of rotatable bonds is 4. The van der Waals surface area contributed by atoms with Crippen LogP contribution in [0.3, 0.4) is 0 Å². The zero-order valence-corrected chi connectivity index (χ0v) is 21.6. The first kappa shape index (κ1) is 25.4. The quantitative estimate of drug-likeness (QED) is 0.516. The summed E-state index contributed by atoms with van der Waals surface area (Å²) in [4.78, 5) is 29.6. The molecule has 0 aromatic carbocycles. The number of carbonyl (C=O) groups is 2. The molecule has 2 saturated heterocycles. The lowest BCUT2D eigenvalue weighted by molar-refractivity contribution is -0.138. The van der Waals surface area contributed by atoms with Crippen LogP contribution in [0.1, 0.15) is 82.5 Å². The fraction of sp³-hybridized carbons (Fsp3) is 0.640. The maximum absolute atomic E-state index is 13.1. The summed E-state index contributed by atoms with van der Waals surface area (Å²) < 4.78 is 5.11. The van der Waals surface area contributed by atoms with Crippen molar-refractivity contribution in [3.8, 4) is 0 Å². The standard InChI is InChI=1S/C25H34N2O5S2/c1-4-5-17-6-7-24(15-32-24)11-19-23(3,31)8-9-25(34-19,13-21(29)30)12-20(28)26-16(2)22-27-18(10-17)14-33-22/h6-7,10,14,16,19,31H,4-5,8-9,11-13,15H2,1-3H3,(H,26,28)(H,29,30)/b7-6+,17-10?/t16-,19-,23+,24-,25+/m1/s1. The monoisotopic (exact) mass is 506 g/mol. The van der Waals surface area contributed by atoms with Crippen LogP contribution >= 0.6 is 23.1 Å². The summed E-state index contributed by atoms with van der Waals surface area (Å²) in [6.45, 7) is 6.43. The van der Waals surface area contributed by atoms with Gasteiger partial charge < -0.3 is 20.3 Å². The lowest BCUT2D eigenvalue weighted by Gasteiger charge is -2.47. The Hall–Kier alpha value is -1.68. The molecule has 9 heteroatoms. The van der Waals surface area contributed by atoms with Gasteiger partial charge in [-0.1, -0.05) is 25.5 Å². The number of aliphatic carboxylic acids is 1. The molecule has 1 spiro atoms. The van der Waals surface area contributed by atoms with Crippen LogP contribution in [0.25, 0.3) is 6.08 Å². The second-order valence-electron chi connectivity index (χ2n) is 10.2. The predicted molar refractivity (Wildman–Crippen MR) is 135 cm³/mol. The van der Waals surface area contributed by atoms with Crippen LogP contribution in [0, 0.1) is 0 Å². The normalized spacial score (nSPS) is 37.1. The van der Waals surface area contributed by atoms with Crippen LogP contribution in [0.5, 0.6) is 0 Å². The van der Waals surface area contributed by atoms with Crippen molar-refractivity contribution in [2.45, 2.75) is 93.0 Å². The number of carbonyl (C=O) groups excluding carboxylic acids is 1. The molecule has 34 heavy (non-hydrogen) atoms. The largest absolute Gasteiger partial charge is 0.481 e. The number of aliphatic hydroxyl groups is 1. The Labute approximate surface area is 209 Å². The number of carboxylic acid groups (broad SMARTS) is 1. The van der Waals surface area contributed by atoms with Gasteiger partial charge in [-0.2, -0.15) is 0 Å². The molecule has 3 N–H and O–H groups in total. The van der Waals surface area contributed by atoms with Crippen LogP contribution in [-0.4, -0.2) is 54.9 Å². The lowest BCUT2D eigenvalue weighted by Crippen LogP contribution is -2.51. The molecule has 4 heterocycles. The number of hydrogen-bond acceptors (Lipinski definition) is 7. The topological polar surface area (TPSA) is 112 Å². The van der Waals surface area contributed by atoms with Gasteiger partial charge >= 0.3 is 5.97 Å². The number of ether oxygens (including phenoxy) is 1. The highest BCUT2D eigenvalue weighted by atomic mass is 32.2. The van der Waals surface area contributed by atoms with E-state index in [4.69, 9.17) is 9.72 Å². The van der Waals surface area contributed by atoms with E-state index in [2.05, 4.69) is 30.5 Å². The fourth-order valence-corrected chi connectivity index (χ4v) is 7.60. The average Bonchev–Trinajstić information content (AvgIpc) is 3.34. The van der Waals surface area contributed by atoms with E-state index in [1.165, 1.54) is 23.1 Å². The molecule has 3 aliphatic heterocycles. The second-order valence-corrected chi connectivity index (χ2v) is 12.7. The molecule has 5 atom stereocenters. The molecule has 0 radical (unpaired) electrons. The van der Waals surface area contributed by atoms with Crippen molar-refractivity contribution in [3.63, 3.8) is 0 Å². The molecule has 7 nitrogen and oxygen atoms in total. The van der Waals surface area contributed by atoms with E-state index >= 15 is 0 Å². The number of nitrogens with one attached hydrogen (secondary N) is 1. The summed E-state index contributed by atoms with van der Waals surface area (Å²) in [6.07, 6.45) is 9.62. The van der Waals surface area contributed by atoms with Gasteiger partial charge in [0.1, 0.15) is 10.6 Å². The van der Waals surface area contributed by atoms with Crippen molar-refractivity contribution in [2.24, 2.45) is 0 Å². The number of amides is 1. The van der Waals surface area contributed by atoms with Crippen molar-refractivity contribution >= 4 is 41.1 Å². The van der Waals surface area contributed by atoms with Crippen molar-refractivity contribution in [1.29, 1.82) is 0 Å². The van der Waals surface area contributed by atoms with E-state index < -0.39 is 21.9 Å². The van der Waals surface area contributed by atoms with Gasteiger partial charge in [0.2, 0.25) is 5.91 Å². The number of aromatic nitrogens is 1. The molecule has 0 aliphatic carbocycles. The first-order valence-electron chi connectivity index (χ1n) is 11.9. The minimum Gasteiger partial charge on any atom is -0.481 e. The highest BCUT2D eigenvalue weighted by Gasteiger charge is 2.54. The average molecular weight is 507 g/mol. The van der Waals surface area contributed by atoms with Gasteiger partial charge in [0, 0.05) is 21.8 Å². The van der Waals surface area contributed by atoms with Gasteiger partial charge in [-0.3, -0.25) is 9.59 Å². The highest BCUT2D eigenvalue weighted by Crippen LogP contribution is 2.53. The zero-order chi connectivity index (χ0) is 24.6. The van der Waals surface area contributed by atoms with Gasteiger partial charge in [0.15, 0.2) is 0 Å². The van der Waals surface area contributed by atoms with Crippen LogP contribution in [0.4, 0.5) is 0 Å². The fourth-order valence-electron chi connectivity index (χ4n) is 4.83. The van der Waals surface area contributed by atoms with Crippen LogP contribution < -0.4 is 5.32 Å². The summed E-state index contributed by atoms with van der Waals surface area (Å²) in [6, 6.07) is -0.268. The molecular formula is C25H34N2O5S2. The lowest BCUT2D eigenvalue weighted by atomic mass is 9.83. The van der Waals surface area contributed by atoms with Gasteiger partial charge in [0.05, 0.1) is 30.4 Å². The molecule has 186 valence electrons. The van der Waals surface area contributed by atoms with Crippen LogP contribution in [-0.2, 0) is 14.3 Å². The number of nitrogens with zero attached hydrogens (tertiary/aromatic N) is 1. The Kier molecular flexibility index (Phi) is 7.29. The maximum atomic E-state index is 13.1. The second kappa shape index (κ2) is 9.76. The predicted octanol–water partition coefficient (Wildman–Crippen LogP) is 4.48. The number of epoxide rings is 1. The van der Waals surface area contributed by atoms with Gasteiger partial charge in [-0.15, -0.1) is 23.1 Å². The summed E-state index contributed by atoms with van der Waals surface area (Å²) in [5.74, 6) is -1.12. The third-order valence-corrected chi connectivity index (χ3v) is 9.93. The Morgan fingerprint density at radius 3 is 2.82 bits per heavy atom. The molecule has 4 rings (SSSR count). The summed E-state index contributed by atoms with van der Waals surface area (Å²) in [5, 5.41) is 26.5. The first-order valence-corrected chi connectivity index (χ1v) is 13.7. The first-order chi connectivity index (χ1) is 16.0. The molecule has 2 fully saturated rings. The smallest absolute Gasteiger partial charge is 0.304 e. The zero-order valence-electron chi connectivity index (χ0n) is 20.0. The minimum atomic E-state index is -0.966. The van der Waals surface area contributed by atoms with E-state index in [1.54, 1.807) is 0 Å². The molecule has 4 bridgehead atoms. The number of thiazole rings is 1. The summed E-state index contributed by atoms with van der Waals surface area (Å²) in [7, 11) is 0. The molecule has 1 aromatic rings. The van der Waals surface area contributed by atoms with E-state index in [1.807, 2.05) is 19.2 Å². The number of fused-ring (bicyclic) bond motifs is 4. The van der Waals surface area contributed by atoms with E-state index in [0.717, 1.165) is 29.1 Å². The summed E-state index contributed by atoms with van der Waals surface area (Å²) >= 11 is 2.97. The number of hydrogen-bond donors (Lipinski definition) is 3. The minimum absolute atomic E-state index is 0.0867. The molecule has 0 unspecified atom stereocenters. The van der Waals surface area contributed by atoms with E-state index in [9.17, 15) is 19.8 Å². The number of allylic oxidation sites excluding steroid dienone is 2. The molecule has 1 amide bonds. The van der Waals surface area contributed by atoms with Gasteiger partial charge in [-0.05, 0) is 51.2 Å². The number of thioether (sulfide) groups is 1. The van der Waals surface area contributed by atoms with Gasteiger partial charge in [-0.25, -0.2) is 4.98 Å². The van der Waals surface area contributed by atoms with Crippen molar-refractivity contribution in [1.82, 2.24) is 10.3 Å². The SMILES string of the molecule is CCCC1=Cc2csc(n2)[C@@H](C)NC(=O)C[C@]2(CC(=O)O)CC[C@](C)(O)[C@@H](C[C@]3(/C=C/1)CO3)S2. The number of carboxylic acids is 1. The molecule has 0 saturated carbocycles. The molecule has 3 aliphatic rings. The van der Waals surface area contributed by atoms with E-state index in [-0.39, 0.29) is 30.0 Å². The van der Waals surface area contributed by atoms with Crippen LogP contribution in [0.15, 0.2) is 23.1 Å². The van der Waals surface area contributed by atoms with Crippen molar-refractivity contribution in [2.75, 3.05) is 6.61 Å². The van der Waals surface area contributed by atoms with Gasteiger partial charge in [0.25, 0.3) is 0 Å². The third kappa shape index (κ3) is 5.93. The van der Waals surface area contributed by atoms with Crippen LogP contribution in [0.2, 0.25) is 0 Å². The van der Waals surface area contributed by atoms with Crippen molar-refractivity contribution < 1.29 is 24.5 Å². The Morgan fingerprint density at radius 2 is 2.15 bits per heavy atom. The molecule has 1 aromatic heterocycles. The Bertz CT molecular complexity index is 997.